The van der Waals surface area contributed by atoms with Gasteiger partial charge in [-0.15, -0.1) is 0 Å². The standard InChI is InChI=1S/C13H23N/c1-8(2)12-9(3)11(10(4)14-12)13(5,6)7/h8,14H,1-7H3. The van der Waals surface area contributed by atoms with Crippen LogP contribution in [0, 0.1) is 13.8 Å². The molecule has 0 amide bonds. The van der Waals surface area contributed by atoms with E-state index < -0.39 is 0 Å². The molecule has 0 bridgehead atoms. The molecule has 0 aliphatic carbocycles. The van der Waals surface area contributed by atoms with Crippen LogP contribution in [-0.4, -0.2) is 4.98 Å². The van der Waals surface area contributed by atoms with Gasteiger partial charge in [-0.05, 0) is 36.3 Å². The van der Waals surface area contributed by atoms with Crippen molar-refractivity contribution >= 4 is 0 Å². The largest absolute Gasteiger partial charge is 0.362 e. The first-order valence-corrected chi connectivity index (χ1v) is 5.44. The van der Waals surface area contributed by atoms with Gasteiger partial charge in [0, 0.05) is 11.4 Å². The van der Waals surface area contributed by atoms with Crippen LogP contribution in [0.2, 0.25) is 0 Å². The summed E-state index contributed by atoms with van der Waals surface area (Å²) in [6.07, 6.45) is 0. The van der Waals surface area contributed by atoms with Crippen molar-refractivity contribution in [2.75, 3.05) is 0 Å². The van der Waals surface area contributed by atoms with Gasteiger partial charge >= 0.3 is 0 Å². The summed E-state index contributed by atoms with van der Waals surface area (Å²) in [7, 11) is 0. The predicted molar refractivity (Wildman–Crippen MR) is 63.1 cm³/mol. The highest BCUT2D eigenvalue weighted by Gasteiger charge is 2.23. The molecule has 0 saturated heterocycles. The van der Waals surface area contributed by atoms with E-state index in [2.05, 4.69) is 53.5 Å². The van der Waals surface area contributed by atoms with Crippen molar-refractivity contribution in [3.8, 4) is 0 Å². The Morgan fingerprint density at radius 2 is 1.57 bits per heavy atom. The summed E-state index contributed by atoms with van der Waals surface area (Å²) in [5, 5.41) is 0. The maximum Gasteiger partial charge on any atom is 0.0207 e. The number of aromatic amines is 1. The minimum Gasteiger partial charge on any atom is -0.362 e. The molecule has 1 N–H and O–H groups in total. The van der Waals surface area contributed by atoms with Crippen molar-refractivity contribution in [2.24, 2.45) is 0 Å². The lowest BCUT2D eigenvalue weighted by Crippen LogP contribution is -2.13. The van der Waals surface area contributed by atoms with E-state index in [0.717, 1.165) is 0 Å². The third-order valence-corrected chi connectivity index (χ3v) is 2.80. The van der Waals surface area contributed by atoms with Crippen LogP contribution < -0.4 is 0 Å². The second kappa shape index (κ2) is 3.45. The number of hydrogen-bond acceptors (Lipinski definition) is 0. The zero-order valence-electron chi connectivity index (χ0n) is 10.6. The molecule has 1 heterocycles. The molecular formula is C13H23N. The van der Waals surface area contributed by atoms with E-state index in [0.29, 0.717) is 5.92 Å². The SMILES string of the molecule is Cc1[nH]c(C(C)C)c(C)c1C(C)(C)C. The van der Waals surface area contributed by atoms with E-state index in [1.54, 1.807) is 0 Å². The van der Waals surface area contributed by atoms with Gasteiger partial charge in [0.15, 0.2) is 0 Å². The molecule has 0 atom stereocenters. The Morgan fingerprint density at radius 3 is 1.79 bits per heavy atom. The van der Waals surface area contributed by atoms with E-state index >= 15 is 0 Å². The first-order valence-electron chi connectivity index (χ1n) is 5.44. The second-order valence-corrected chi connectivity index (χ2v) is 5.57. The molecule has 14 heavy (non-hydrogen) atoms. The van der Waals surface area contributed by atoms with Crippen molar-refractivity contribution < 1.29 is 0 Å². The molecule has 1 aromatic rings. The number of H-pyrrole nitrogens is 1. The lowest BCUT2D eigenvalue weighted by Gasteiger charge is -2.20. The normalized spacial score (nSPS) is 12.6. The van der Waals surface area contributed by atoms with Gasteiger partial charge < -0.3 is 4.98 Å². The molecule has 80 valence electrons. The van der Waals surface area contributed by atoms with Crippen molar-refractivity contribution in [3.63, 3.8) is 0 Å². The quantitative estimate of drug-likeness (QED) is 0.692. The van der Waals surface area contributed by atoms with Crippen LogP contribution in [-0.2, 0) is 5.41 Å². The van der Waals surface area contributed by atoms with Crippen LogP contribution in [0.25, 0.3) is 0 Å². The van der Waals surface area contributed by atoms with Crippen LogP contribution in [0.5, 0.6) is 0 Å². The van der Waals surface area contributed by atoms with Crippen LogP contribution in [0.15, 0.2) is 0 Å². The van der Waals surface area contributed by atoms with Crippen LogP contribution in [0.1, 0.15) is 63.1 Å². The average Bonchev–Trinajstić information content (AvgIpc) is 2.24. The molecule has 1 heteroatoms. The molecule has 0 aromatic carbocycles. The Balaban J connectivity index is 3.33. The van der Waals surface area contributed by atoms with Gasteiger partial charge in [0.2, 0.25) is 0 Å². The first kappa shape index (κ1) is 11.4. The summed E-state index contributed by atoms with van der Waals surface area (Å²) in [4.78, 5) is 3.52. The van der Waals surface area contributed by atoms with Gasteiger partial charge in [-0.25, -0.2) is 0 Å². The van der Waals surface area contributed by atoms with Crippen molar-refractivity contribution in [1.82, 2.24) is 4.98 Å². The van der Waals surface area contributed by atoms with E-state index in [-0.39, 0.29) is 5.41 Å². The van der Waals surface area contributed by atoms with E-state index in [4.69, 9.17) is 0 Å². The number of aryl methyl sites for hydroxylation is 1. The summed E-state index contributed by atoms with van der Waals surface area (Å²) in [5.74, 6) is 0.588. The van der Waals surface area contributed by atoms with Gasteiger partial charge in [-0.2, -0.15) is 0 Å². The predicted octanol–water partition coefficient (Wildman–Crippen LogP) is 4.05. The fraction of sp³-hybridized carbons (Fsp3) is 0.692. The molecule has 0 saturated carbocycles. The summed E-state index contributed by atoms with van der Waals surface area (Å²) >= 11 is 0. The number of nitrogens with one attached hydrogen (secondary N) is 1. The Hall–Kier alpha value is -0.720. The molecule has 1 rings (SSSR count). The highest BCUT2D eigenvalue weighted by molar-refractivity contribution is 5.41. The topological polar surface area (TPSA) is 15.8 Å². The monoisotopic (exact) mass is 193 g/mol. The Labute approximate surface area is 87.9 Å². The van der Waals surface area contributed by atoms with Crippen LogP contribution in [0.4, 0.5) is 0 Å². The number of hydrogen-bond donors (Lipinski definition) is 1. The molecular weight excluding hydrogens is 170 g/mol. The van der Waals surface area contributed by atoms with E-state index in [1.807, 2.05) is 0 Å². The maximum absolute atomic E-state index is 3.52. The summed E-state index contributed by atoms with van der Waals surface area (Å²) in [5.41, 5.74) is 5.91. The van der Waals surface area contributed by atoms with Gasteiger partial charge in [0.05, 0.1) is 0 Å². The fourth-order valence-corrected chi connectivity index (χ4v) is 2.48. The molecule has 0 fully saturated rings. The number of rotatable bonds is 1. The third kappa shape index (κ3) is 1.87. The smallest absolute Gasteiger partial charge is 0.0207 e. The first-order chi connectivity index (χ1) is 6.25. The fourth-order valence-electron chi connectivity index (χ4n) is 2.48. The van der Waals surface area contributed by atoms with Crippen LogP contribution >= 0.6 is 0 Å². The zero-order chi connectivity index (χ0) is 11.1. The average molecular weight is 193 g/mol. The summed E-state index contributed by atoms with van der Waals surface area (Å²) in [6, 6.07) is 0. The van der Waals surface area contributed by atoms with Crippen LogP contribution in [0.3, 0.4) is 0 Å². The Morgan fingerprint density at radius 1 is 1.07 bits per heavy atom. The molecule has 0 aliphatic heterocycles. The molecule has 0 spiro atoms. The highest BCUT2D eigenvalue weighted by Crippen LogP contribution is 2.33. The summed E-state index contributed by atoms with van der Waals surface area (Å²) < 4.78 is 0. The van der Waals surface area contributed by atoms with Gasteiger partial charge in [-0.3, -0.25) is 0 Å². The van der Waals surface area contributed by atoms with Gasteiger partial charge in [0.1, 0.15) is 0 Å². The highest BCUT2D eigenvalue weighted by atomic mass is 14.7. The van der Waals surface area contributed by atoms with Crippen molar-refractivity contribution in [3.05, 3.63) is 22.5 Å². The maximum atomic E-state index is 3.52. The molecule has 1 nitrogen and oxygen atoms in total. The molecule has 0 radical (unpaired) electrons. The molecule has 0 aliphatic rings. The molecule has 0 unspecified atom stereocenters. The van der Waals surface area contributed by atoms with Crippen molar-refractivity contribution in [2.45, 2.75) is 59.8 Å². The zero-order valence-corrected chi connectivity index (χ0v) is 10.6. The minimum absolute atomic E-state index is 0.248. The molecule has 1 aromatic heterocycles. The van der Waals surface area contributed by atoms with Gasteiger partial charge in [-0.1, -0.05) is 34.6 Å². The van der Waals surface area contributed by atoms with E-state index in [9.17, 15) is 0 Å². The second-order valence-electron chi connectivity index (χ2n) is 5.57. The summed E-state index contributed by atoms with van der Waals surface area (Å²) in [6.45, 7) is 15.7. The minimum atomic E-state index is 0.248. The lowest BCUT2D eigenvalue weighted by molar-refractivity contribution is 0.583. The Kier molecular flexibility index (Phi) is 2.80. The van der Waals surface area contributed by atoms with Crippen molar-refractivity contribution in [1.29, 1.82) is 0 Å². The van der Waals surface area contributed by atoms with E-state index in [1.165, 1.54) is 22.5 Å². The lowest BCUT2D eigenvalue weighted by atomic mass is 9.83. The van der Waals surface area contributed by atoms with Gasteiger partial charge in [0.25, 0.3) is 0 Å². The third-order valence-electron chi connectivity index (χ3n) is 2.80. The Bertz CT molecular complexity index is 324. The number of aromatic nitrogens is 1.